The zero-order valence-electron chi connectivity index (χ0n) is 21.3. The summed E-state index contributed by atoms with van der Waals surface area (Å²) >= 11 is 0. The van der Waals surface area contributed by atoms with Gasteiger partial charge in [-0.1, -0.05) is 12.1 Å². The quantitative estimate of drug-likeness (QED) is 0.467. The van der Waals surface area contributed by atoms with E-state index in [0.29, 0.717) is 13.1 Å². The van der Waals surface area contributed by atoms with Gasteiger partial charge in [-0.15, -0.1) is 0 Å². The van der Waals surface area contributed by atoms with Crippen LogP contribution in [-0.4, -0.2) is 53.2 Å². The van der Waals surface area contributed by atoms with E-state index in [0.717, 1.165) is 67.3 Å². The molecule has 2 atom stereocenters. The minimum Gasteiger partial charge on any atom is -0.385 e. The van der Waals surface area contributed by atoms with Gasteiger partial charge >= 0.3 is 0 Å². The molecule has 5 rings (SSSR count). The van der Waals surface area contributed by atoms with Gasteiger partial charge in [0.2, 0.25) is 5.91 Å². The highest BCUT2D eigenvalue weighted by Gasteiger charge is 2.40. The normalized spacial score (nSPS) is 19.9. The van der Waals surface area contributed by atoms with Crippen LogP contribution in [0.3, 0.4) is 0 Å². The molecular formula is C29H36N4O3. The maximum Gasteiger partial charge on any atom is 0.250 e. The number of aromatic nitrogens is 2. The summed E-state index contributed by atoms with van der Waals surface area (Å²) in [7, 11) is 3.49. The number of hydrogen-bond acceptors (Lipinski definition) is 5. The molecule has 7 nitrogen and oxygen atoms in total. The van der Waals surface area contributed by atoms with Gasteiger partial charge in [-0.05, 0) is 79.5 Å². The Bertz CT molecular complexity index is 1280. The van der Waals surface area contributed by atoms with Gasteiger partial charge in [0.05, 0.1) is 11.4 Å². The summed E-state index contributed by atoms with van der Waals surface area (Å²) in [5, 5.41) is 4.55. The molecule has 3 aromatic rings. The molecule has 1 amide bonds. The number of nitrogens with one attached hydrogen (secondary N) is 1. The molecule has 0 bridgehead atoms. The van der Waals surface area contributed by atoms with Crippen molar-refractivity contribution in [2.24, 2.45) is 13.0 Å². The number of nitrogens with zero attached hydrogens (tertiary/aromatic N) is 3. The van der Waals surface area contributed by atoms with Gasteiger partial charge in [0.1, 0.15) is 0 Å². The molecule has 3 heterocycles. The highest BCUT2D eigenvalue weighted by Crippen LogP contribution is 2.36. The van der Waals surface area contributed by atoms with Crippen LogP contribution in [0.25, 0.3) is 10.9 Å². The van der Waals surface area contributed by atoms with Crippen molar-refractivity contribution in [1.82, 2.24) is 19.8 Å². The first-order chi connectivity index (χ1) is 17.5. The van der Waals surface area contributed by atoms with Gasteiger partial charge in [-0.3, -0.25) is 14.6 Å². The molecular weight excluding hydrogens is 452 g/mol. The lowest BCUT2D eigenvalue weighted by Gasteiger charge is -2.36. The van der Waals surface area contributed by atoms with E-state index in [4.69, 9.17) is 9.72 Å². The standard InChI is InChI=1S/C29H36N4O3/c1-32-13-10-21(17-27(32)34)25-9-12-30-18-26(25)29(35)33(24-7-8-24)19-23-16-20(5-4-14-36-2)15-22-6-3-11-31-28(22)23/h3,6,10-11,13,15-17,24-26,30H,4-5,7-9,12,14,18-19H2,1-2H3/t25-,26+/m0/s1. The number of benzene rings is 1. The molecule has 36 heavy (non-hydrogen) atoms. The molecule has 0 spiro atoms. The van der Waals surface area contributed by atoms with Crippen LogP contribution in [0.5, 0.6) is 0 Å². The molecule has 1 N–H and O–H groups in total. The SMILES string of the molecule is COCCCc1cc(CN(C(=O)[C@@H]2CNCC[C@H]2c2ccn(C)c(=O)c2)C2CC2)c2ncccc2c1. The number of fused-ring (bicyclic) bond motifs is 1. The number of methoxy groups -OCH3 is 1. The second-order valence-corrected chi connectivity index (χ2v) is 10.2. The first-order valence-corrected chi connectivity index (χ1v) is 13.1. The number of hydrogen-bond donors (Lipinski definition) is 1. The van der Waals surface area contributed by atoms with Gasteiger partial charge in [-0.25, -0.2) is 0 Å². The zero-order valence-corrected chi connectivity index (χ0v) is 21.3. The zero-order chi connectivity index (χ0) is 25.1. The van der Waals surface area contributed by atoms with Crippen LogP contribution in [0.2, 0.25) is 0 Å². The van der Waals surface area contributed by atoms with E-state index < -0.39 is 0 Å². The Morgan fingerprint density at radius 1 is 1.22 bits per heavy atom. The predicted molar refractivity (Wildman–Crippen MR) is 141 cm³/mol. The Hall–Kier alpha value is -3.03. The van der Waals surface area contributed by atoms with Crippen molar-refractivity contribution >= 4 is 16.8 Å². The number of rotatable bonds is 9. The van der Waals surface area contributed by atoms with Crippen molar-refractivity contribution in [1.29, 1.82) is 0 Å². The van der Waals surface area contributed by atoms with Crippen LogP contribution in [0, 0.1) is 5.92 Å². The Balaban J connectivity index is 1.44. The second kappa shape index (κ2) is 10.9. The molecule has 1 saturated heterocycles. The van der Waals surface area contributed by atoms with E-state index in [9.17, 15) is 9.59 Å². The second-order valence-electron chi connectivity index (χ2n) is 10.2. The topological polar surface area (TPSA) is 76.5 Å². The summed E-state index contributed by atoms with van der Waals surface area (Å²) in [6.45, 7) is 2.78. The number of pyridine rings is 2. The minimum absolute atomic E-state index is 0.0286. The number of aryl methyl sites for hydroxylation is 2. The van der Waals surface area contributed by atoms with Gasteiger partial charge in [-0.2, -0.15) is 0 Å². The van der Waals surface area contributed by atoms with E-state index in [1.807, 2.05) is 24.5 Å². The van der Waals surface area contributed by atoms with Crippen molar-refractivity contribution in [3.05, 3.63) is 75.8 Å². The summed E-state index contributed by atoms with van der Waals surface area (Å²) < 4.78 is 6.83. The molecule has 7 heteroatoms. The van der Waals surface area contributed by atoms with Crippen LogP contribution in [-0.2, 0) is 29.5 Å². The summed E-state index contributed by atoms with van der Waals surface area (Å²) in [6, 6.07) is 12.5. The van der Waals surface area contributed by atoms with E-state index >= 15 is 0 Å². The van der Waals surface area contributed by atoms with Gasteiger partial charge < -0.3 is 19.5 Å². The van der Waals surface area contributed by atoms with Crippen molar-refractivity contribution in [3.8, 4) is 0 Å². The van der Waals surface area contributed by atoms with Gasteiger partial charge in [0.25, 0.3) is 5.56 Å². The molecule has 190 valence electrons. The summed E-state index contributed by atoms with van der Waals surface area (Å²) in [5.74, 6) is 0.0453. The van der Waals surface area contributed by atoms with Crippen molar-refractivity contribution in [2.75, 3.05) is 26.8 Å². The number of carbonyl (C=O) groups is 1. The van der Waals surface area contributed by atoms with Crippen molar-refractivity contribution in [2.45, 2.75) is 50.6 Å². The van der Waals surface area contributed by atoms with Gasteiger partial charge in [0, 0.05) is 63.7 Å². The van der Waals surface area contributed by atoms with Gasteiger partial charge in [0.15, 0.2) is 0 Å². The fourth-order valence-corrected chi connectivity index (χ4v) is 5.50. The predicted octanol–water partition coefficient (Wildman–Crippen LogP) is 3.40. The Morgan fingerprint density at radius 2 is 2.08 bits per heavy atom. The maximum absolute atomic E-state index is 14.1. The smallest absolute Gasteiger partial charge is 0.250 e. The number of ether oxygens (including phenoxy) is 1. The van der Waals surface area contributed by atoms with E-state index in [-0.39, 0.29) is 29.3 Å². The highest BCUT2D eigenvalue weighted by molar-refractivity contribution is 5.84. The molecule has 1 aliphatic carbocycles. The average Bonchev–Trinajstić information content (AvgIpc) is 3.74. The van der Waals surface area contributed by atoms with Crippen LogP contribution in [0.4, 0.5) is 0 Å². The average molecular weight is 489 g/mol. The van der Waals surface area contributed by atoms with E-state index in [1.54, 1.807) is 24.8 Å². The molecule has 1 aliphatic heterocycles. The highest BCUT2D eigenvalue weighted by atomic mass is 16.5. The third-order valence-electron chi connectivity index (χ3n) is 7.62. The van der Waals surface area contributed by atoms with Crippen LogP contribution >= 0.6 is 0 Å². The molecule has 2 aromatic heterocycles. The first kappa shape index (κ1) is 24.7. The summed E-state index contributed by atoms with van der Waals surface area (Å²) in [5.41, 5.74) is 4.27. The van der Waals surface area contributed by atoms with E-state index in [1.165, 1.54) is 5.56 Å². The minimum atomic E-state index is -0.185. The molecule has 0 radical (unpaired) electrons. The first-order valence-electron chi connectivity index (χ1n) is 13.1. The molecule has 1 saturated carbocycles. The lowest BCUT2D eigenvalue weighted by molar-refractivity contribution is -0.138. The third-order valence-corrected chi connectivity index (χ3v) is 7.62. The largest absolute Gasteiger partial charge is 0.385 e. The van der Waals surface area contributed by atoms with Crippen LogP contribution < -0.4 is 10.9 Å². The summed E-state index contributed by atoms with van der Waals surface area (Å²) in [6.07, 6.45) is 8.47. The maximum atomic E-state index is 14.1. The molecule has 2 fully saturated rings. The Kier molecular flexibility index (Phi) is 7.48. The van der Waals surface area contributed by atoms with Crippen LogP contribution in [0.15, 0.2) is 53.6 Å². The fourth-order valence-electron chi connectivity index (χ4n) is 5.50. The Morgan fingerprint density at radius 3 is 2.86 bits per heavy atom. The van der Waals surface area contributed by atoms with Crippen molar-refractivity contribution in [3.63, 3.8) is 0 Å². The molecule has 1 aromatic carbocycles. The number of piperidine rings is 1. The van der Waals surface area contributed by atoms with Crippen LogP contribution in [0.1, 0.15) is 48.3 Å². The molecule has 0 unspecified atom stereocenters. The Labute approximate surface area is 212 Å². The summed E-state index contributed by atoms with van der Waals surface area (Å²) in [4.78, 5) is 33.2. The fraction of sp³-hybridized carbons (Fsp3) is 0.483. The molecule has 2 aliphatic rings. The lowest BCUT2D eigenvalue weighted by atomic mass is 9.80. The van der Waals surface area contributed by atoms with Crippen molar-refractivity contribution < 1.29 is 9.53 Å². The number of amides is 1. The van der Waals surface area contributed by atoms with E-state index in [2.05, 4.69) is 28.4 Å². The third kappa shape index (κ3) is 5.37. The number of carbonyl (C=O) groups excluding carboxylic acids is 1. The lowest BCUT2D eigenvalue weighted by Crippen LogP contribution is -2.47. The monoisotopic (exact) mass is 488 g/mol.